The van der Waals surface area contributed by atoms with Crippen molar-refractivity contribution in [1.29, 1.82) is 0 Å². The first kappa shape index (κ1) is 12.7. The van der Waals surface area contributed by atoms with E-state index in [0.717, 1.165) is 0 Å². The number of Topliss-reactive ketones (excluding diaryl/α,β-unsaturated/α-hetero) is 1. The number of hydrogen-bond acceptors (Lipinski definition) is 2. The van der Waals surface area contributed by atoms with Crippen molar-refractivity contribution in [2.75, 3.05) is 13.6 Å². The van der Waals surface area contributed by atoms with Crippen LogP contribution in [0.25, 0.3) is 0 Å². The molecule has 0 aromatic heterocycles. The monoisotopic (exact) mass is 231 g/mol. The second-order valence-corrected chi connectivity index (χ2v) is 3.44. The fourth-order valence-electron chi connectivity index (χ4n) is 1.30. The summed E-state index contributed by atoms with van der Waals surface area (Å²) in [5.74, 6) is -0.138. The van der Waals surface area contributed by atoms with Crippen LogP contribution < -0.4 is 5.32 Å². The molecule has 0 atom stereocenters. The highest BCUT2D eigenvalue weighted by atomic mass is 19.4. The number of alkyl halides is 3. The molecule has 1 rings (SSSR count). The van der Waals surface area contributed by atoms with Crippen LogP contribution in [0.3, 0.4) is 0 Å². The van der Waals surface area contributed by atoms with Crippen molar-refractivity contribution < 1.29 is 18.0 Å². The molecule has 0 spiro atoms. The molecule has 16 heavy (non-hydrogen) atoms. The molecule has 0 aliphatic carbocycles. The van der Waals surface area contributed by atoms with E-state index in [9.17, 15) is 18.0 Å². The van der Waals surface area contributed by atoms with Crippen LogP contribution in [-0.2, 0) is 6.42 Å². The quantitative estimate of drug-likeness (QED) is 0.805. The molecule has 0 saturated heterocycles. The van der Waals surface area contributed by atoms with Crippen molar-refractivity contribution in [3.8, 4) is 0 Å². The fourth-order valence-corrected chi connectivity index (χ4v) is 1.30. The number of halogens is 3. The van der Waals surface area contributed by atoms with Gasteiger partial charge in [-0.25, -0.2) is 0 Å². The van der Waals surface area contributed by atoms with Crippen molar-refractivity contribution >= 4 is 5.78 Å². The summed E-state index contributed by atoms with van der Waals surface area (Å²) < 4.78 is 36.1. The highest BCUT2D eigenvalue weighted by molar-refractivity contribution is 5.97. The van der Waals surface area contributed by atoms with Crippen LogP contribution in [-0.4, -0.2) is 25.6 Å². The van der Waals surface area contributed by atoms with Crippen LogP contribution in [0.4, 0.5) is 13.2 Å². The van der Waals surface area contributed by atoms with Gasteiger partial charge in [-0.05, 0) is 12.6 Å². The third-order valence-electron chi connectivity index (χ3n) is 2.02. The topological polar surface area (TPSA) is 29.1 Å². The van der Waals surface area contributed by atoms with Gasteiger partial charge < -0.3 is 5.32 Å². The average Bonchev–Trinajstić information content (AvgIpc) is 2.16. The van der Waals surface area contributed by atoms with Gasteiger partial charge in [-0.2, -0.15) is 13.2 Å². The average molecular weight is 231 g/mol. The Hall–Kier alpha value is -1.36. The molecule has 0 aliphatic rings. The van der Waals surface area contributed by atoms with Crippen LogP contribution in [0.1, 0.15) is 15.9 Å². The summed E-state index contributed by atoms with van der Waals surface area (Å²) >= 11 is 0. The van der Waals surface area contributed by atoms with Crippen molar-refractivity contribution in [3.63, 3.8) is 0 Å². The molecular formula is C11H12F3NO. The third kappa shape index (κ3) is 4.02. The Morgan fingerprint density at radius 1 is 1.25 bits per heavy atom. The first-order chi connectivity index (χ1) is 7.42. The van der Waals surface area contributed by atoms with Gasteiger partial charge in [0.05, 0.1) is 13.0 Å². The van der Waals surface area contributed by atoms with Crippen molar-refractivity contribution in [3.05, 3.63) is 35.4 Å². The number of benzene rings is 1. The molecule has 1 aromatic carbocycles. The second-order valence-electron chi connectivity index (χ2n) is 3.44. The fraction of sp³-hybridized carbons (Fsp3) is 0.364. The zero-order valence-electron chi connectivity index (χ0n) is 8.77. The summed E-state index contributed by atoms with van der Waals surface area (Å²) in [7, 11) is 1.63. The number of carbonyl (C=O) groups excluding carboxylic acids is 1. The summed E-state index contributed by atoms with van der Waals surface area (Å²) in [5.41, 5.74) is 0.578. The van der Waals surface area contributed by atoms with E-state index >= 15 is 0 Å². The molecule has 0 radical (unpaired) electrons. The van der Waals surface area contributed by atoms with Crippen LogP contribution in [0.5, 0.6) is 0 Å². The molecular weight excluding hydrogens is 219 g/mol. The Labute approximate surface area is 91.5 Å². The standard InChI is InChI=1S/C11H12F3NO/c1-15-7-10(16)9-4-2-8(3-5-9)6-11(12,13)14/h2-5,15H,6-7H2,1H3. The van der Waals surface area contributed by atoms with E-state index in [1.165, 1.54) is 24.3 Å². The highest BCUT2D eigenvalue weighted by Gasteiger charge is 2.27. The smallest absolute Gasteiger partial charge is 0.313 e. The van der Waals surface area contributed by atoms with Crippen molar-refractivity contribution in [2.45, 2.75) is 12.6 Å². The number of rotatable bonds is 4. The Kier molecular flexibility index (Phi) is 4.06. The van der Waals surface area contributed by atoms with E-state index in [4.69, 9.17) is 0 Å². The summed E-state index contributed by atoms with van der Waals surface area (Å²) in [6.07, 6.45) is -5.18. The molecule has 1 N–H and O–H groups in total. The molecule has 0 amide bonds. The van der Waals surface area contributed by atoms with Crippen LogP contribution in [0, 0.1) is 0 Å². The van der Waals surface area contributed by atoms with Gasteiger partial charge in [0.1, 0.15) is 0 Å². The van der Waals surface area contributed by atoms with Gasteiger partial charge in [0.2, 0.25) is 0 Å². The van der Waals surface area contributed by atoms with E-state index in [0.29, 0.717) is 5.56 Å². The van der Waals surface area contributed by atoms with E-state index in [1.807, 2.05) is 0 Å². The normalized spacial score (nSPS) is 11.5. The summed E-state index contributed by atoms with van der Waals surface area (Å²) in [6, 6.07) is 5.49. The van der Waals surface area contributed by atoms with Gasteiger partial charge in [-0.3, -0.25) is 4.79 Å². The maximum absolute atomic E-state index is 12.0. The van der Waals surface area contributed by atoms with Gasteiger partial charge >= 0.3 is 6.18 Å². The molecule has 1 aromatic rings. The predicted molar refractivity (Wildman–Crippen MR) is 54.5 cm³/mol. The number of hydrogen-bond donors (Lipinski definition) is 1. The minimum absolute atomic E-state index is 0.138. The SMILES string of the molecule is CNCC(=O)c1ccc(CC(F)(F)F)cc1. The van der Waals surface area contributed by atoms with Gasteiger partial charge in [-0.15, -0.1) is 0 Å². The van der Waals surface area contributed by atoms with Gasteiger partial charge in [-0.1, -0.05) is 24.3 Å². The lowest BCUT2D eigenvalue weighted by Crippen LogP contribution is -2.18. The number of nitrogens with one attached hydrogen (secondary N) is 1. The Morgan fingerprint density at radius 2 is 1.81 bits per heavy atom. The lowest BCUT2D eigenvalue weighted by molar-refractivity contribution is -0.127. The molecule has 0 bridgehead atoms. The van der Waals surface area contributed by atoms with E-state index in [2.05, 4.69) is 5.32 Å². The Morgan fingerprint density at radius 3 is 2.25 bits per heavy atom. The zero-order chi connectivity index (χ0) is 12.2. The van der Waals surface area contributed by atoms with E-state index < -0.39 is 12.6 Å². The predicted octanol–water partition coefficient (Wildman–Crippen LogP) is 2.19. The summed E-state index contributed by atoms with van der Waals surface area (Å²) in [5, 5.41) is 2.69. The lowest BCUT2D eigenvalue weighted by Gasteiger charge is -2.06. The van der Waals surface area contributed by atoms with Gasteiger partial charge in [0.15, 0.2) is 5.78 Å². The minimum Gasteiger partial charge on any atom is -0.313 e. The molecule has 0 fully saturated rings. The Balaban J connectivity index is 2.72. The van der Waals surface area contributed by atoms with E-state index in [-0.39, 0.29) is 17.9 Å². The largest absolute Gasteiger partial charge is 0.393 e. The third-order valence-corrected chi connectivity index (χ3v) is 2.02. The molecule has 0 saturated carbocycles. The number of likely N-dealkylation sites (N-methyl/N-ethyl adjacent to an activating group) is 1. The molecule has 2 nitrogen and oxygen atoms in total. The number of carbonyl (C=O) groups is 1. The van der Waals surface area contributed by atoms with Crippen molar-refractivity contribution in [1.82, 2.24) is 5.32 Å². The molecule has 5 heteroatoms. The van der Waals surface area contributed by atoms with E-state index in [1.54, 1.807) is 7.05 Å². The van der Waals surface area contributed by atoms with Gasteiger partial charge in [0.25, 0.3) is 0 Å². The molecule has 0 aliphatic heterocycles. The second kappa shape index (κ2) is 5.12. The first-order valence-corrected chi connectivity index (χ1v) is 4.76. The summed E-state index contributed by atoms with van der Waals surface area (Å²) in [6.45, 7) is 0.179. The Bertz CT molecular complexity index is 356. The van der Waals surface area contributed by atoms with Crippen LogP contribution in [0.15, 0.2) is 24.3 Å². The molecule has 0 unspecified atom stereocenters. The molecule has 0 heterocycles. The van der Waals surface area contributed by atoms with Crippen molar-refractivity contribution in [2.24, 2.45) is 0 Å². The van der Waals surface area contributed by atoms with Crippen LogP contribution >= 0.6 is 0 Å². The zero-order valence-corrected chi connectivity index (χ0v) is 8.77. The lowest BCUT2D eigenvalue weighted by atomic mass is 10.1. The summed E-state index contributed by atoms with van der Waals surface area (Å²) in [4.78, 5) is 11.4. The van der Waals surface area contributed by atoms with Gasteiger partial charge in [0, 0.05) is 5.56 Å². The number of ketones is 1. The maximum atomic E-state index is 12.0. The maximum Gasteiger partial charge on any atom is 0.393 e. The highest BCUT2D eigenvalue weighted by Crippen LogP contribution is 2.21. The first-order valence-electron chi connectivity index (χ1n) is 4.76. The minimum atomic E-state index is -4.21. The van der Waals surface area contributed by atoms with Crippen LogP contribution in [0.2, 0.25) is 0 Å². The molecule has 88 valence electrons.